The number of rotatable bonds is 0. The largest absolute Gasteiger partial charge is 0.393 e. The number of hydrogen-bond acceptors (Lipinski definition) is 3. The van der Waals surface area contributed by atoms with Crippen molar-refractivity contribution >= 4 is 5.78 Å². The van der Waals surface area contributed by atoms with Crippen LogP contribution in [0.2, 0.25) is 0 Å². The molecule has 4 aliphatic carbocycles. The first kappa shape index (κ1) is 15.6. The van der Waals surface area contributed by atoms with Crippen molar-refractivity contribution in [2.75, 3.05) is 6.61 Å². The number of carbonyl (C=O) groups excluding carboxylic acids is 1. The molecule has 5 rings (SSSR count). The van der Waals surface area contributed by atoms with Gasteiger partial charge in [-0.25, -0.2) is 0 Å². The first-order valence-corrected chi connectivity index (χ1v) is 9.96. The minimum Gasteiger partial charge on any atom is -0.393 e. The van der Waals surface area contributed by atoms with Crippen LogP contribution in [-0.4, -0.2) is 29.2 Å². The van der Waals surface area contributed by atoms with Crippen molar-refractivity contribution in [1.29, 1.82) is 0 Å². The molecule has 3 heteroatoms. The Balaban J connectivity index is 1.50. The van der Waals surface area contributed by atoms with Crippen molar-refractivity contribution in [3.8, 4) is 0 Å². The minimum atomic E-state index is -0.434. The Bertz CT molecular complexity index is 625. The van der Waals surface area contributed by atoms with Crippen LogP contribution in [0.25, 0.3) is 0 Å². The van der Waals surface area contributed by atoms with E-state index in [-0.39, 0.29) is 16.9 Å². The zero-order valence-electron chi connectivity index (χ0n) is 15.0. The van der Waals surface area contributed by atoms with E-state index in [0.29, 0.717) is 24.2 Å². The molecule has 0 bridgehead atoms. The Hall–Kier alpha value is -0.670. The molecule has 0 aromatic carbocycles. The van der Waals surface area contributed by atoms with Crippen LogP contribution in [0.4, 0.5) is 0 Å². The number of carbonyl (C=O) groups is 1. The molecule has 132 valence electrons. The second-order valence-corrected chi connectivity index (χ2v) is 9.69. The van der Waals surface area contributed by atoms with E-state index in [1.54, 1.807) is 0 Å². The summed E-state index contributed by atoms with van der Waals surface area (Å²) in [5.74, 6) is 2.42. The molecule has 24 heavy (non-hydrogen) atoms. The molecule has 1 saturated heterocycles. The molecule has 7 atom stereocenters. The van der Waals surface area contributed by atoms with Crippen LogP contribution in [0.5, 0.6) is 0 Å². The summed E-state index contributed by atoms with van der Waals surface area (Å²) >= 11 is 0. The molecule has 0 aromatic rings. The Labute approximate surface area is 144 Å². The number of allylic oxidation sites excluding steroid dienone is 1. The fourth-order valence-corrected chi connectivity index (χ4v) is 7.64. The predicted molar refractivity (Wildman–Crippen MR) is 91.4 cm³/mol. The van der Waals surface area contributed by atoms with E-state index in [1.165, 1.54) is 12.0 Å². The highest BCUT2D eigenvalue weighted by Gasteiger charge is 2.70. The fraction of sp³-hybridized carbons (Fsp3) is 0.857. The Morgan fingerprint density at radius 2 is 1.92 bits per heavy atom. The van der Waals surface area contributed by atoms with Crippen LogP contribution in [0.3, 0.4) is 0 Å². The number of aliphatic hydroxyl groups excluding tert-OH is 1. The second-order valence-electron chi connectivity index (χ2n) is 9.69. The van der Waals surface area contributed by atoms with Crippen LogP contribution < -0.4 is 0 Å². The van der Waals surface area contributed by atoms with Gasteiger partial charge in [-0.2, -0.15) is 0 Å². The average molecular weight is 330 g/mol. The van der Waals surface area contributed by atoms with Crippen LogP contribution >= 0.6 is 0 Å². The molecule has 1 spiro atoms. The summed E-state index contributed by atoms with van der Waals surface area (Å²) in [6.45, 7) is 5.15. The summed E-state index contributed by atoms with van der Waals surface area (Å²) in [7, 11) is 0. The van der Waals surface area contributed by atoms with Crippen molar-refractivity contribution in [2.45, 2.75) is 76.9 Å². The van der Waals surface area contributed by atoms with E-state index in [0.717, 1.165) is 50.9 Å². The fourth-order valence-electron chi connectivity index (χ4n) is 7.64. The van der Waals surface area contributed by atoms with Crippen LogP contribution in [0, 0.1) is 28.6 Å². The molecular weight excluding hydrogens is 300 g/mol. The summed E-state index contributed by atoms with van der Waals surface area (Å²) in [6.07, 6.45) is 10.9. The predicted octanol–water partition coefficient (Wildman–Crippen LogP) is 3.65. The van der Waals surface area contributed by atoms with Crippen molar-refractivity contribution in [2.24, 2.45) is 28.6 Å². The van der Waals surface area contributed by atoms with Crippen molar-refractivity contribution in [1.82, 2.24) is 0 Å². The van der Waals surface area contributed by atoms with Gasteiger partial charge in [-0.3, -0.25) is 4.79 Å². The van der Waals surface area contributed by atoms with Gasteiger partial charge in [0.1, 0.15) is 12.2 Å². The number of fused-ring (bicyclic) bond motifs is 6. The average Bonchev–Trinajstić information content (AvgIpc) is 2.89. The topological polar surface area (TPSA) is 46.5 Å². The van der Waals surface area contributed by atoms with E-state index in [2.05, 4.69) is 19.9 Å². The Kier molecular flexibility index (Phi) is 3.07. The molecule has 0 amide bonds. The third-order valence-electron chi connectivity index (χ3n) is 9.10. The lowest BCUT2D eigenvalue weighted by molar-refractivity contribution is -0.214. The van der Waals surface area contributed by atoms with Gasteiger partial charge in [-0.15, -0.1) is 0 Å². The number of hydrogen-bond donors (Lipinski definition) is 1. The first-order chi connectivity index (χ1) is 11.4. The SMILES string of the molecule is C[C@]12CCC(O)CC1=CC[C@@H]1[C@@H]2CC[C@@]2(C)[C@H]1CC[C@@]21OCC1=O. The van der Waals surface area contributed by atoms with Gasteiger partial charge in [0.2, 0.25) is 0 Å². The van der Waals surface area contributed by atoms with E-state index in [4.69, 9.17) is 4.74 Å². The first-order valence-electron chi connectivity index (χ1n) is 9.96. The molecule has 0 aromatic heterocycles. The van der Waals surface area contributed by atoms with Crippen LogP contribution in [0.1, 0.15) is 65.2 Å². The maximum Gasteiger partial charge on any atom is 0.190 e. The lowest BCUT2D eigenvalue weighted by Gasteiger charge is -2.60. The van der Waals surface area contributed by atoms with Gasteiger partial charge in [0, 0.05) is 5.41 Å². The number of ether oxygens (including phenoxy) is 1. The van der Waals surface area contributed by atoms with Crippen LogP contribution in [0.15, 0.2) is 11.6 Å². The van der Waals surface area contributed by atoms with Gasteiger partial charge in [0.15, 0.2) is 5.78 Å². The highest BCUT2D eigenvalue weighted by molar-refractivity contribution is 5.94. The normalized spacial score (nSPS) is 56.1. The Morgan fingerprint density at radius 3 is 2.62 bits per heavy atom. The molecule has 5 aliphatic rings. The standard InChI is InChI=1S/C21H30O3/c1-19-8-5-14(22)11-13(19)3-4-15-16(19)6-9-20(2)17(15)7-10-21(20)18(23)12-24-21/h3,14-17,22H,4-12H2,1-2H3/t14?,15-,16+,17+,19+,20+,21+/m1/s1. The van der Waals surface area contributed by atoms with E-state index in [1.807, 2.05) is 0 Å². The molecular formula is C21H30O3. The van der Waals surface area contributed by atoms with Gasteiger partial charge in [0.05, 0.1) is 6.10 Å². The highest BCUT2D eigenvalue weighted by atomic mass is 16.5. The van der Waals surface area contributed by atoms with Crippen molar-refractivity contribution in [3.05, 3.63) is 11.6 Å². The number of aliphatic hydroxyl groups is 1. The lowest BCUT2D eigenvalue weighted by Crippen LogP contribution is -2.65. The summed E-state index contributed by atoms with van der Waals surface area (Å²) in [4.78, 5) is 12.4. The van der Waals surface area contributed by atoms with E-state index >= 15 is 0 Å². The number of ketones is 1. The number of Topliss-reactive ketones (excluding diaryl/α,β-unsaturated/α-hetero) is 1. The zero-order valence-corrected chi connectivity index (χ0v) is 15.0. The molecule has 1 unspecified atom stereocenters. The van der Waals surface area contributed by atoms with Gasteiger partial charge in [-0.1, -0.05) is 25.5 Å². The maximum absolute atomic E-state index is 12.4. The Morgan fingerprint density at radius 1 is 1.12 bits per heavy atom. The van der Waals surface area contributed by atoms with Gasteiger partial charge >= 0.3 is 0 Å². The smallest absolute Gasteiger partial charge is 0.190 e. The third kappa shape index (κ3) is 1.64. The van der Waals surface area contributed by atoms with Crippen molar-refractivity contribution < 1.29 is 14.6 Å². The van der Waals surface area contributed by atoms with E-state index in [9.17, 15) is 9.90 Å². The lowest BCUT2D eigenvalue weighted by atomic mass is 9.46. The van der Waals surface area contributed by atoms with Crippen LogP contribution in [-0.2, 0) is 9.53 Å². The second kappa shape index (κ2) is 4.73. The molecule has 0 radical (unpaired) electrons. The molecule has 1 N–H and O–H groups in total. The summed E-state index contributed by atoms with van der Waals surface area (Å²) in [5, 5.41) is 10.1. The highest BCUT2D eigenvalue weighted by Crippen LogP contribution is 2.69. The maximum atomic E-state index is 12.4. The monoisotopic (exact) mass is 330 g/mol. The summed E-state index contributed by atoms with van der Waals surface area (Å²) in [6, 6.07) is 0. The van der Waals surface area contributed by atoms with Crippen molar-refractivity contribution in [3.63, 3.8) is 0 Å². The van der Waals surface area contributed by atoms with E-state index < -0.39 is 5.60 Å². The summed E-state index contributed by atoms with van der Waals surface area (Å²) < 4.78 is 5.99. The van der Waals surface area contributed by atoms with Gasteiger partial charge in [0.25, 0.3) is 0 Å². The molecule has 3 saturated carbocycles. The molecule has 1 heterocycles. The quantitative estimate of drug-likeness (QED) is 0.690. The van der Waals surface area contributed by atoms with Gasteiger partial charge < -0.3 is 9.84 Å². The summed E-state index contributed by atoms with van der Waals surface area (Å²) in [5.41, 5.74) is 1.43. The van der Waals surface area contributed by atoms with Gasteiger partial charge in [-0.05, 0) is 74.5 Å². The zero-order chi connectivity index (χ0) is 16.7. The third-order valence-corrected chi connectivity index (χ3v) is 9.10. The minimum absolute atomic E-state index is 0.0549. The molecule has 4 fully saturated rings. The molecule has 3 nitrogen and oxygen atoms in total. The molecule has 1 aliphatic heterocycles.